The van der Waals surface area contributed by atoms with Crippen LogP contribution in [0.4, 0.5) is 13.2 Å². The molecule has 2 heterocycles. The molecule has 4 aromatic rings. The van der Waals surface area contributed by atoms with Gasteiger partial charge in [-0.25, -0.2) is 0 Å². The maximum absolute atomic E-state index is 13.0. The number of aromatic nitrogens is 3. The minimum atomic E-state index is -4.35. The number of benzene rings is 2. The summed E-state index contributed by atoms with van der Waals surface area (Å²) in [6.45, 7) is 6.84. The summed E-state index contributed by atoms with van der Waals surface area (Å²) in [7, 11) is 0. The van der Waals surface area contributed by atoms with E-state index < -0.39 is 11.7 Å². The van der Waals surface area contributed by atoms with Crippen LogP contribution in [-0.4, -0.2) is 14.8 Å². The number of thioether (sulfide) groups is 1. The summed E-state index contributed by atoms with van der Waals surface area (Å²) < 4.78 is 41.1. The number of alkyl halides is 3. The fraction of sp³-hybridized carbons (Fsp3) is 0.250. The van der Waals surface area contributed by atoms with E-state index in [1.165, 1.54) is 34.3 Å². The van der Waals surface area contributed by atoms with Crippen molar-refractivity contribution in [1.29, 1.82) is 0 Å². The smallest absolute Gasteiger partial charge is 0.302 e. The molecule has 0 aliphatic heterocycles. The summed E-state index contributed by atoms with van der Waals surface area (Å²) in [4.78, 5) is 1.20. The molecule has 0 spiro atoms. The Morgan fingerprint density at radius 2 is 1.78 bits per heavy atom. The van der Waals surface area contributed by atoms with Gasteiger partial charge in [0.15, 0.2) is 11.0 Å². The Hall–Kier alpha value is -2.58. The third kappa shape index (κ3) is 4.61. The van der Waals surface area contributed by atoms with Crippen LogP contribution in [0.5, 0.6) is 0 Å². The molecule has 0 radical (unpaired) electrons. The molecule has 32 heavy (non-hydrogen) atoms. The van der Waals surface area contributed by atoms with E-state index in [0.717, 1.165) is 28.6 Å². The monoisotopic (exact) mass is 473 g/mol. The van der Waals surface area contributed by atoms with Gasteiger partial charge in [-0.2, -0.15) is 13.2 Å². The molecule has 0 amide bonds. The van der Waals surface area contributed by atoms with Crippen molar-refractivity contribution in [3.63, 3.8) is 0 Å². The van der Waals surface area contributed by atoms with Gasteiger partial charge in [0.1, 0.15) is 0 Å². The molecule has 3 nitrogen and oxygen atoms in total. The lowest BCUT2D eigenvalue weighted by molar-refractivity contribution is -0.137. The molecule has 0 unspecified atom stereocenters. The Morgan fingerprint density at radius 3 is 2.47 bits per heavy atom. The van der Waals surface area contributed by atoms with E-state index in [-0.39, 0.29) is 0 Å². The number of hydrogen-bond acceptors (Lipinski definition) is 4. The summed E-state index contributed by atoms with van der Waals surface area (Å²) in [5.41, 5.74) is 4.47. The standard InChI is InChI=1S/C24H22F3N3S2/c1-4-30-22(20-14-31-16(3)21(20)18-10-8-15(2)9-11-18)28-29-23(30)32-13-17-6-5-7-19(12-17)24(25,26)27/h5-12,14H,4,13H2,1-3H3. The zero-order valence-corrected chi connectivity index (χ0v) is 19.5. The van der Waals surface area contributed by atoms with Crippen LogP contribution in [0.15, 0.2) is 59.1 Å². The van der Waals surface area contributed by atoms with E-state index in [2.05, 4.69) is 53.7 Å². The van der Waals surface area contributed by atoms with Gasteiger partial charge < -0.3 is 4.57 Å². The summed E-state index contributed by atoms with van der Waals surface area (Å²) in [5, 5.41) is 11.6. The average Bonchev–Trinajstić information content (AvgIpc) is 3.35. The van der Waals surface area contributed by atoms with Crippen molar-refractivity contribution in [2.45, 2.75) is 44.4 Å². The predicted molar refractivity (Wildman–Crippen MR) is 125 cm³/mol. The molecule has 2 aromatic heterocycles. The largest absolute Gasteiger partial charge is 0.416 e. The number of hydrogen-bond donors (Lipinski definition) is 0. The van der Waals surface area contributed by atoms with Crippen LogP contribution in [0.3, 0.4) is 0 Å². The number of nitrogens with zero attached hydrogens (tertiary/aromatic N) is 3. The first kappa shape index (κ1) is 22.6. The van der Waals surface area contributed by atoms with E-state index in [1.54, 1.807) is 17.4 Å². The summed E-state index contributed by atoms with van der Waals surface area (Å²) in [6, 6.07) is 13.8. The number of halogens is 3. The van der Waals surface area contributed by atoms with Gasteiger partial charge >= 0.3 is 6.18 Å². The third-order valence-electron chi connectivity index (χ3n) is 5.21. The van der Waals surface area contributed by atoms with Crippen LogP contribution in [0.25, 0.3) is 22.5 Å². The highest BCUT2D eigenvalue weighted by Gasteiger charge is 2.30. The maximum atomic E-state index is 13.0. The summed E-state index contributed by atoms with van der Waals surface area (Å²) in [6.07, 6.45) is -4.35. The molecule has 2 aromatic carbocycles. The molecular formula is C24H22F3N3S2. The average molecular weight is 474 g/mol. The molecule has 0 fully saturated rings. The fourth-order valence-corrected chi connectivity index (χ4v) is 5.37. The van der Waals surface area contributed by atoms with Crippen molar-refractivity contribution < 1.29 is 13.2 Å². The van der Waals surface area contributed by atoms with E-state index >= 15 is 0 Å². The fourth-order valence-electron chi connectivity index (χ4n) is 3.56. The SMILES string of the molecule is CCn1c(SCc2cccc(C(F)(F)F)c2)nnc1-c1csc(C)c1-c1ccc(C)cc1. The maximum Gasteiger partial charge on any atom is 0.416 e. The first-order valence-corrected chi connectivity index (χ1v) is 12.0. The van der Waals surface area contributed by atoms with Crippen molar-refractivity contribution >= 4 is 23.1 Å². The first-order valence-electron chi connectivity index (χ1n) is 10.2. The van der Waals surface area contributed by atoms with Crippen LogP contribution in [0.2, 0.25) is 0 Å². The lowest BCUT2D eigenvalue weighted by atomic mass is 10.0. The van der Waals surface area contributed by atoms with E-state index in [9.17, 15) is 13.2 Å². The van der Waals surface area contributed by atoms with Crippen LogP contribution in [0, 0.1) is 13.8 Å². The Morgan fingerprint density at radius 1 is 1.03 bits per heavy atom. The Kier molecular flexibility index (Phi) is 6.44. The van der Waals surface area contributed by atoms with Crippen molar-refractivity contribution in [1.82, 2.24) is 14.8 Å². The number of thiophene rings is 1. The van der Waals surface area contributed by atoms with Crippen molar-refractivity contribution in [3.05, 3.63) is 75.5 Å². The van der Waals surface area contributed by atoms with Gasteiger partial charge in [0.2, 0.25) is 0 Å². The van der Waals surface area contributed by atoms with E-state index in [4.69, 9.17) is 0 Å². The molecular weight excluding hydrogens is 451 g/mol. The Labute approximate surface area is 193 Å². The van der Waals surface area contributed by atoms with Gasteiger partial charge in [0.25, 0.3) is 0 Å². The highest BCUT2D eigenvalue weighted by atomic mass is 32.2. The predicted octanol–water partition coefficient (Wildman–Crippen LogP) is 7.62. The van der Waals surface area contributed by atoms with Gasteiger partial charge in [-0.3, -0.25) is 0 Å². The normalized spacial score (nSPS) is 11.8. The second-order valence-corrected chi connectivity index (χ2v) is 9.51. The molecule has 0 atom stereocenters. The molecule has 0 N–H and O–H groups in total. The molecule has 166 valence electrons. The molecule has 0 bridgehead atoms. The van der Waals surface area contributed by atoms with Gasteiger partial charge in [-0.15, -0.1) is 21.5 Å². The van der Waals surface area contributed by atoms with Crippen LogP contribution in [-0.2, 0) is 18.5 Å². The van der Waals surface area contributed by atoms with Crippen molar-refractivity contribution in [2.75, 3.05) is 0 Å². The molecule has 0 saturated heterocycles. The molecule has 0 aliphatic carbocycles. The van der Waals surface area contributed by atoms with Crippen LogP contribution >= 0.6 is 23.1 Å². The number of rotatable bonds is 6. The van der Waals surface area contributed by atoms with Crippen LogP contribution < -0.4 is 0 Å². The van der Waals surface area contributed by atoms with Gasteiger partial charge in [0, 0.05) is 33.7 Å². The summed E-state index contributed by atoms with van der Waals surface area (Å²) >= 11 is 3.07. The zero-order chi connectivity index (χ0) is 22.9. The summed E-state index contributed by atoms with van der Waals surface area (Å²) in [5.74, 6) is 1.16. The van der Waals surface area contributed by atoms with E-state index in [0.29, 0.717) is 23.0 Å². The highest BCUT2D eigenvalue weighted by molar-refractivity contribution is 7.98. The van der Waals surface area contributed by atoms with Gasteiger partial charge in [-0.05, 0) is 38.0 Å². The highest BCUT2D eigenvalue weighted by Crippen LogP contribution is 2.39. The zero-order valence-electron chi connectivity index (χ0n) is 17.9. The molecule has 0 saturated carbocycles. The third-order valence-corrected chi connectivity index (χ3v) is 7.16. The second kappa shape index (κ2) is 9.11. The minimum Gasteiger partial charge on any atom is -0.302 e. The van der Waals surface area contributed by atoms with Crippen molar-refractivity contribution in [2.24, 2.45) is 0 Å². The first-order chi connectivity index (χ1) is 15.3. The molecule has 8 heteroatoms. The Balaban J connectivity index is 1.63. The Bertz CT molecular complexity index is 1220. The second-order valence-electron chi connectivity index (χ2n) is 7.48. The quantitative estimate of drug-likeness (QED) is 0.270. The lowest BCUT2D eigenvalue weighted by Crippen LogP contribution is -2.05. The minimum absolute atomic E-state index is 0.384. The topological polar surface area (TPSA) is 30.7 Å². The molecule has 0 aliphatic rings. The van der Waals surface area contributed by atoms with Gasteiger partial charge in [-0.1, -0.05) is 59.8 Å². The lowest BCUT2D eigenvalue weighted by Gasteiger charge is -2.10. The van der Waals surface area contributed by atoms with Crippen molar-refractivity contribution in [3.8, 4) is 22.5 Å². The van der Waals surface area contributed by atoms with E-state index in [1.807, 2.05) is 11.5 Å². The van der Waals surface area contributed by atoms with Crippen LogP contribution in [0.1, 0.15) is 28.5 Å². The van der Waals surface area contributed by atoms with Gasteiger partial charge in [0.05, 0.1) is 5.56 Å². The molecule has 4 rings (SSSR count). The number of aryl methyl sites for hydroxylation is 2.